The number of nitrogens with zero attached hydrogens (tertiary/aromatic N) is 1. The summed E-state index contributed by atoms with van der Waals surface area (Å²) in [7, 11) is -4.54. The van der Waals surface area contributed by atoms with E-state index in [9.17, 15) is 49.1 Å². The van der Waals surface area contributed by atoms with Gasteiger partial charge in [0, 0.05) is 26.1 Å². The van der Waals surface area contributed by atoms with E-state index in [1.807, 2.05) is 0 Å². The van der Waals surface area contributed by atoms with Gasteiger partial charge in [-0.25, -0.2) is 4.79 Å². The number of carboxylic acids is 1. The molecule has 0 bridgehead atoms. The highest BCUT2D eigenvalue weighted by Crippen LogP contribution is 2.43. The Morgan fingerprint density at radius 3 is 2.45 bits per heavy atom. The third-order valence-corrected chi connectivity index (χ3v) is 7.95. The van der Waals surface area contributed by atoms with E-state index in [1.54, 1.807) is 12.1 Å². The van der Waals surface area contributed by atoms with Gasteiger partial charge in [0.15, 0.2) is 16.7 Å². The fourth-order valence-corrected chi connectivity index (χ4v) is 5.41. The van der Waals surface area contributed by atoms with Crippen LogP contribution in [0.1, 0.15) is 24.4 Å². The van der Waals surface area contributed by atoms with Crippen molar-refractivity contribution in [3.8, 4) is 0 Å². The molecule has 7 N–H and O–H groups in total. The minimum atomic E-state index is -4.54. The molecule has 2 amide bonds. The van der Waals surface area contributed by atoms with Crippen LogP contribution < -0.4 is 16.1 Å². The number of nitrogens with one attached hydrogen (secondary N) is 2. The number of benzene rings is 1. The molecule has 1 aromatic heterocycles. The second-order valence-electron chi connectivity index (χ2n) is 9.67. The van der Waals surface area contributed by atoms with Crippen molar-refractivity contribution in [3.05, 3.63) is 46.3 Å². The van der Waals surface area contributed by atoms with Gasteiger partial charge in [-0.1, -0.05) is 12.1 Å². The van der Waals surface area contributed by atoms with Crippen LogP contribution in [0, 0.1) is 0 Å². The lowest BCUT2D eigenvalue weighted by atomic mass is 10.0. The van der Waals surface area contributed by atoms with E-state index >= 15 is 0 Å². The van der Waals surface area contributed by atoms with Crippen LogP contribution in [0.2, 0.25) is 0 Å². The average Bonchev–Trinajstić information content (AvgIpc) is 3.13. The Balaban J connectivity index is 1.69. The van der Waals surface area contributed by atoms with Crippen molar-refractivity contribution in [2.24, 2.45) is 0 Å². The molecule has 16 heteroatoms. The number of hydrogen-bond donors (Lipinski definition) is 7. The lowest BCUT2D eigenvalue weighted by Crippen LogP contribution is -2.55. The van der Waals surface area contributed by atoms with Crippen molar-refractivity contribution in [2.75, 3.05) is 32.5 Å². The maximum Gasteiger partial charge on any atom is 0.331 e. The largest absolute Gasteiger partial charge is 0.479 e. The number of rotatable bonds is 12. The Bertz CT molecular complexity index is 1370. The van der Waals surface area contributed by atoms with Gasteiger partial charge >= 0.3 is 13.6 Å². The summed E-state index contributed by atoms with van der Waals surface area (Å²) < 4.78 is 23.3. The van der Waals surface area contributed by atoms with Gasteiger partial charge in [-0.2, -0.15) is 0 Å². The smallest absolute Gasteiger partial charge is 0.331 e. The molecule has 1 aliphatic rings. The van der Waals surface area contributed by atoms with Crippen LogP contribution in [0.25, 0.3) is 11.0 Å². The standard InChI is InChI=1S/C24H32N3O12P/c1-13(29)25-10-15-20(31)21(32)16(11-28)27(15)7-8-40(36,37)38-12-24(2,23(34)35)26-22(33)19-9-17(30)14-5-3-4-6-18(14)39-19/h3-6,9,15-16,20-21,28,31-32H,7-8,10-12H2,1-2H3,(H,25,29)(H,26,33)(H,34,35)(H,36,37)/t15-,16-,20-,21-,24?/m1/s1. The molecule has 0 spiro atoms. The summed E-state index contributed by atoms with van der Waals surface area (Å²) in [5.74, 6) is -3.57. The summed E-state index contributed by atoms with van der Waals surface area (Å²) in [4.78, 5) is 60.1. The minimum absolute atomic E-state index is 0.100. The first-order valence-electron chi connectivity index (χ1n) is 12.2. The minimum Gasteiger partial charge on any atom is -0.479 e. The van der Waals surface area contributed by atoms with Gasteiger partial charge in [0.05, 0.1) is 49.1 Å². The number of carbonyl (C=O) groups excluding carboxylic acids is 2. The number of carboxylic acid groups (broad SMARTS) is 1. The van der Waals surface area contributed by atoms with Crippen LogP contribution >= 0.6 is 7.60 Å². The predicted molar refractivity (Wildman–Crippen MR) is 139 cm³/mol. The molecule has 0 aliphatic carbocycles. The highest BCUT2D eigenvalue weighted by Gasteiger charge is 2.47. The van der Waals surface area contributed by atoms with E-state index in [2.05, 4.69) is 10.6 Å². The average molecular weight is 586 g/mol. The molecule has 15 nitrogen and oxygen atoms in total. The topological polar surface area (TPSA) is 236 Å². The molecule has 1 fully saturated rings. The SMILES string of the molecule is CC(=O)NC[C@@H]1[C@@H](O)[C@H](O)[C@@H](CO)N1CCP(=O)(O)OCC(C)(NC(=O)c1cc(=O)c2ccccc2o1)C(=O)O. The number of fused-ring (bicyclic) bond motifs is 1. The fourth-order valence-electron chi connectivity index (χ4n) is 4.34. The van der Waals surface area contributed by atoms with Gasteiger partial charge in [0.25, 0.3) is 5.91 Å². The third-order valence-electron chi connectivity index (χ3n) is 6.65. The van der Waals surface area contributed by atoms with Crippen LogP contribution in [0.5, 0.6) is 0 Å². The first-order chi connectivity index (χ1) is 18.7. The third kappa shape index (κ3) is 7.12. The van der Waals surface area contributed by atoms with Gasteiger partial charge in [-0.3, -0.25) is 23.8 Å². The normalized spacial score (nSPS) is 24.2. The summed E-state index contributed by atoms with van der Waals surface area (Å²) in [5.41, 5.74) is -2.65. The molecular formula is C24H32N3O12P. The van der Waals surface area contributed by atoms with Gasteiger partial charge in [-0.05, 0) is 19.1 Å². The van der Waals surface area contributed by atoms with Crippen LogP contribution in [0.4, 0.5) is 0 Å². The van der Waals surface area contributed by atoms with Gasteiger partial charge in [-0.15, -0.1) is 0 Å². The van der Waals surface area contributed by atoms with E-state index < -0.39 is 85.8 Å². The molecule has 6 atom stereocenters. The number of aliphatic hydroxyl groups excluding tert-OH is 3. The summed E-state index contributed by atoms with van der Waals surface area (Å²) in [6.07, 6.45) is -3.38. The van der Waals surface area contributed by atoms with Gasteiger partial charge in [0.1, 0.15) is 5.58 Å². The van der Waals surface area contributed by atoms with E-state index in [-0.39, 0.29) is 24.1 Å². The zero-order chi connectivity index (χ0) is 29.8. The second-order valence-corrected chi connectivity index (χ2v) is 11.7. The molecule has 1 aromatic carbocycles. The van der Waals surface area contributed by atoms with Crippen LogP contribution in [-0.4, -0.2) is 110 Å². The molecule has 220 valence electrons. The van der Waals surface area contributed by atoms with Crippen molar-refractivity contribution >= 4 is 36.3 Å². The van der Waals surface area contributed by atoms with Crippen molar-refractivity contribution < 1.29 is 53.2 Å². The van der Waals surface area contributed by atoms with E-state index in [0.717, 1.165) is 13.0 Å². The molecule has 0 radical (unpaired) electrons. The lowest BCUT2D eigenvalue weighted by Gasteiger charge is -2.31. The molecule has 1 aliphatic heterocycles. The van der Waals surface area contributed by atoms with Crippen LogP contribution in [0.15, 0.2) is 39.5 Å². The number of amides is 2. The highest BCUT2D eigenvalue weighted by molar-refractivity contribution is 7.52. The Labute approximate surface area is 227 Å². The first-order valence-corrected chi connectivity index (χ1v) is 14.0. The summed E-state index contributed by atoms with van der Waals surface area (Å²) in [5, 5.41) is 44.9. The lowest BCUT2D eigenvalue weighted by molar-refractivity contribution is -0.145. The van der Waals surface area contributed by atoms with Crippen LogP contribution in [0.3, 0.4) is 0 Å². The number of likely N-dealkylation sites (tertiary alicyclic amines) is 1. The zero-order valence-corrected chi connectivity index (χ0v) is 22.6. The summed E-state index contributed by atoms with van der Waals surface area (Å²) in [6.45, 7) is 0.325. The van der Waals surface area contributed by atoms with E-state index in [4.69, 9.17) is 8.94 Å². The van der Waals surface area contributed by atoms with Gasteiger partial charge < -0.3 is 44.9 Å². The Hall–Kier alpha value is -3.17. The number of aliphatic carboxylic acids is 1. The maximum absolute atomic E-state index is 12.8. The fraction of sp³-hybridized carbons (Fsp3) is 0.500. The van der Waals surface area contributed by atoms with Gasteiger partial charge in [0.2, 0.25) is 5.91 Å². The molecular weight excluding hydrogens is 553 g/mol. The molecule has 2 unspecified atom stereocenters. The second kappa shape index (κ2) is 12.6. The quantitative estimate of drug-likeness (QED) is 0.140. The zero-order valence-electron chi connectivity index (χ0n) is 21.7. The molecule has 2 aromatic rings. The molecule has 40 heavy (non-hydrogen) atoms. The number of para-hydroxylation sites is 1. The van der Waals surface area contributed by atoms with Crippen molar-refractivity contribution in [1.29, 1.82) is 0 Å². The van der Waals surface area contributed by atoms with Crippen molar-refractivity contribution in [2.45, 2.75) is 43.7 Å². The maximum atomic E-state index is 12.8. The summed E-state index contributed by atoms with van der Waals surface area (Å²) >= 11 is 0. The van der Waals surface area contributed by atoms with Crippen molar-refractivity contribution in [1.82, 2.24) is 15.5 Å². The molecule has 3 rings (SSSR count). The van der Waals surface area contributed by atoms with Crippen LogP contribution in [-0.2, 0) is 18.7 Å². The summed E-state index contributed by atoms with van der Waals surface area (Å²) in [6, 6.07) is 5.12. The molecule has 1 saturated heterocycles. The highest BCUT2D eigenvalue weighted by atomic mass is 31.2. The first kappa shape index (κ1) is 31.4. The Morgan fingerprint density at radius 1 is 1.18 bits per heavy atom. The Morgan fingerprint density at radius 2 is 1.82 bits per heavy atom. The number of hydrogen-bond acceptors (Lipinski definition) is 11. The Kier molecular flexibility index (Phi) is 9.85. The van der Waals surface area contributed by atoms with E-state index in [0.29, 0.717) is 0 Å². The molecule has 2 heterocycles. The monoisotopic (exact) mass is 585 g/mol. The van der Waals surface area contributed by atoms with Crippen molar-refractivity contribution in [3.63, 3.8) is 0 Å². The number of carbonyl (C=O) groups is 3. The number of aliphatic hydroxyl groups is 3. The molecule has 0 saturated carbocycles. The van der Waals surface area contributed by atoms with E-state index in [1.165, 1.54) is 24.0 Å². The predicted octanol–water partition coefficient (Wildman–Crippen LogP) is -1.53.